The minimum absolute atomic E-state index is 0.254. The predicted octanol–water partition coefficient (Wildman–Crippen LogP) is 4.70. The minimum atomic E-state index is -0.254. The molecule has 0 saturated carbocycles. The quantitative estimate of drug-likeness (QED) is 0.744. The Morgan fingerprint density at radius 1 is 1.14 bits per heavy atom. The van der Waals surface area contributed by atoms with Crippen molar-refractivity contribution in [3.63, 3.8) is 0 Å². The van der Waals surface area contributed by atoms with Gasteiger partial charge in [-0.15, -0.1) is 0 Å². The van der Waals surface area contributed by atoms with Crippen LogP contribution in [0.3, 0.4) is 0 Å². The highest BCUT2D eigenvalue weighted by Gasteiger charge is 2.10. The van der Waals surface area contributed by atoms with E-state index in [4.69, 9.17) is 27.6 Å². The Hall–Kier alpha value is -2.04. The predicted molar refractivity (Wildman–Crippen MR) is 83.2 cm³/mol. The van der Waals surface area contributed by atoms with E-state index in [1.807, 2.05) is 0 Å². The summed E-state index contributed by atoms with van der Waals surface area (Å²) >= 11 is 11.8. The van der Waals surface area contributed by atoms with Gasteiger partial charge >= 0.3 is 0 Å². The highest BCUT2D eigenvalue weighted by Crippen LogP contribution is 2.25. The van der Waals surface area contributed by atoms with Crippen LogP contribution in [0.25, 0.3) is 11.1 Å². The zero-order valence-corrected chi connectivity index (χ0v) is 12.5. The monoisotopic (exact) mass is 320 g/mol. The normalized spacial score (nSPS) is 10.8. The number of aryl methyl sites for hydroxylation is 1. The highest BCUT2D eigenvalue weighted by atomic mass is 35.5. The first kappa shape index (κ1) is 13.9. The molecule has 1 N–H and O–H groups in total. The van der Waals surface area contributed by atoms with Gasteiger partial charge in [0.15, 0.2) is 11.5 Å². The molecular formula is C15H10Cl2N2O2. The van der Waals surface area contributed by atoms with E-state index in [0.29, 0.717) is 38.3 Å². The van der Waals surface area contributed by atoms with Gasteiger partial charge in [-0.2, -0.15) is 0 Å². The van der Waals surface area contributed by atoms with Crippen molar-refractivity contribution in [2.24, 2.45) is 0 Å². The van der Waals surface area contributed by atoms with Crippen LogP contribution < -0.4 is 5.32 Å². The van der Waals surface area contributed by atoms with Crippen LogP contribution in [-0.2, 0) is 0 Å². The summed E-state index contributed by atoms with van der Waals surface area (Å²) in [5, 5.41) is 3.58. The molecule has 3 rings (SSSR count). The smallest absolute Gasteiger partial charge is 0.255 e. The molecule has 0 spiro atoms. The van der Waals surface area contributed by atoms with Crippen molar-refractivity contribution >= 4 is 45.9 Å². The number of hydrogen-bond acceptors (Lipinski definition) is 3. The zero-order valence-electron chi connectivity index (χ0n) is 11.0. The van der Waals surface area contributed by atoms with Gasteiger partial charge in [0, 0.05) is 18.2 Å². The largest absolute Gasteiger partial charge is 0.441 e. The summed E-state index contributed by atoms with van der Waals surface area (Å²) in [4.78, 5) is 16.4. The lowest BCUT2D eigenvalue weighted by Crippen LogP contribution is -2.11. The summed E-state index contributed by atoms with van der Waals surface area (Å²) in [6.07, 6.45) is 0. The first-order valence-corrected chi connectivity index (χ1v) is 6.92. The van der Waals surface area contributed by atoms with Crippen molar-refractivity contribution in [3.05, 3.63) is 57.9 Å². The molecule has 0 aliphatic rings. The number of oxazole rings is 1. The van der Waals surface area contributed by atoms with Crippen LogP contribution >= 0.6 is 23.2 Å². The molecule has 0 fully saturated rings. The van der Waals surface area contributed by atoms with Gasteiger partial charge in [-0.1, -0.05) is 23.2 Å². The van der Waals surface area contributed by atoms with Crippen LogP contribution in [-0.4, -0.2) is 10.9 Å². The molecule has 21 heavy (non-hydrogen) atoms. The Morgan fingerprint density at radius 3 is 2.71 bits per heavy atom. The number of nitrogens with one attached hydrogen (secondary N) is 1. The molecule has 6 heteroatoms. The summed E-state index contributed by atoms with van der Waals surface area (Å²) in [7, 11) is 0. The lowest BCUT2D eigenvalue weighted by atomic mass is 10.2. The van der Waals surface area contributed by atoms with Gasteiger partial charge in [0.2, 0.25) is 0 Å². The number of carbonyl (C=O) groups excluding carboxylic acids is 1. The van der Waals surface area contributed by atoms with Crippen LogP contribution in [0, 0.1) is 6.92 Å². The molecule has 0 atom stereocenters. The molecule has 0 unspecified atom stereocenters. The SMILES string of the molecule is Cc1nc2cc(C(=O)Nc3ccc(Cl)c(Cl)c3)ccc2o1. The maximum absolute atomic E-state index is 12.2. The number of aromatic nitrogens is 1. The molecule has 0 aliphatic carbocycles. The molecule has 3 aromatic rings. The van der Waals surface area contributed by atoms with Crippen molar-refractivity contribution < 1.29 is 9.21 Å². The van der Waals surface area contributed by atoms with Gasteiger partial charge in [0.05, 0.1) is 10.0 Å². The van der Waals surface area contributed by atoms with Crippen molar-refractivity contribution in [3.8, 4) is 0 Å². The second-order valence-electron chi connectivity index (χ2n) is 4.50. The molecule has 2 aromatic carbocycles. The molecule has 1 heterocycles. The molecule has 0 saturated heterocycles. The highest BCUT2D eigenvalue weighted by molar-refractivity contribution is 6.42. The number of hydrogen-bond donors (Lipinski definition) is 1. The lowest BCUT2D eigenvalue weighted by Gasteiger charge is -2.06. The first-order valence-electron chi connectivity index (χ1n) is 6.16. The standard InChI is InChI=1S/C15H10Cl2N2O2/c1-8-18-13-6-9(2-5-14(13)21-8)15(20)19-10-3-4-11(16)12(17)7-10/h2-7H,1H3,(H,19,20). The topological polar surface area (TPSA) is 55.1 Å². The molecular weight excluding hydrogens is 311 g/mol. The summed E-state index contributed by atoms with van der Waals surface area (Å²) in [5.41, 5.74) is 2.36. The Morgan fingerprint density at radius 2 is 1.95 bits per heavy atom. The van der Waals surface area contributed by atoms with Crippen LogP contribution in [0.5, 0.6) is 0 Å². The van der Waals surface area contributed by atoms with Gasteiger partial charge < -0.3 is 9.73 Å². The van der Waals surface area contributed by atoms with Crippen LogP contribution in [0.4, 0.5) is 5.69 Å². The number of anilines is 1. The van der Waals surface area contributed by atoms with Gasteiger partial charge in [-0.05, 0) is 36.4 Å². The van der Waals surface area contributed by atoms with Gasteiger partial charge in [0.25, 0.3) is 5.91 Å². The van der Waals surface area contributed by atoms with Crippen LogP contribution in [0.2, 0.25) is 10.0 Å². The second-order valence-corrected chi connectivity index (χ2v) is 5.31. The van der Waals surface area contributed by atoms with E-state index < -0.39 is 0 Å². The van der Waals surface area contributed by atoms with Crippen molar-refractivity contribution in [1.29, 1.82) is 0 Å². The molecule has 4 nitrogen and oxygen atoms in total. The lowest BCUT2D eigenvalue weighted by molar-refractivity contribution is 0.102. The maximum atomic E-state index is 12.2. The molecule has 0 bridgehead atoms. The van der Waals surface area contributed by atoms with E-state index in [2.05, 4.69) is 10.3 Å². The fourth-order valence-corrected chi connectivity index (χ4v) is 2.26. The number of rotatable bonds is 2. The Balaban J connectivity index is 1.87. The third-order valence-electron chi connectivity index (χ3n) is 2.93. The number of nitrogens with zero attached hydrogens (tertiary/aromatic N) is 1. The van der Waals surface area contributed by atoms with E-state index in [-0.39, 0.29) is 5.91 Å². The number of amides is 1. The van der Waals surface area contributed by atoms with E-state index in [0.717, 1.165) is 0 Å². The number of halogens is 2. The van der Waals surface area contributed by atoms with Crippen molar-refractivity contribution in [1.82, 2.24) is 4.98 Å². The third-order valence-corrected chi connectivity index (χ3v) is 3.67. The average Bonchev–Trinajstić information content (AvgIpc) is 2.82. The van der Waals surface area contributed by atoms with Crippen molar-refractivity contribution in [2.75, 3.05) is 5.32 Å². The van der Waals surface area contributed by atoms with E-state index in [1.165, 1.54) is 0 Å². The van der Waals surface area contributed by atoms with Gasteiger partial charge in [-0.3, -0.25) is 4.79 Å². The minimum Gasteiger partial charge on any atom is -0.441 e. The number of fused-ring (bicyclic) bond motifs is 1. The Kier molecular flexibility index (Phi) is 3.57. The Labute approximate surface area is 130 Å². The molecule has 1 amide bonds. The van der Waals surface area contributed by atoms with Crippen LogP contribution in [0.1, 0.15) is 16.2 Å². The van der Waals surface area contributed by atoms with E-state index in [9.17, 15) is 4.79 Å². The number of benzene rings is 2. The van der Waals surface area contributed by atoms with E-state index >= 15 is 0 Å². The van der Waals surface area contributed by atoms with Crippen LogP contribution in [0.15, 0.2) is 40.8 Å². The van der Waals surface area contributed by atoms with E-state index in [1.54, 1.807) is 43.3 Å². The summed E-state index contributed by atoms with van der Waals surface area (Å²) in [6.45, 7) is 1.76. The summed E-state index contributed by atoms with van der Waals surface area (Å²) in [5.74, 6) is 0.308. The summed E-state index contributed by atoms with van der Waals surface area (Å²) in [6, 6.07) is 9.99. The third kappa shape index (κ3) is 2.86. The number of carbonyl (C=O) groups is 1. The average molecular weight is 321 g/mol. The molecule has 106 valence electrons. The zero-order chi connectivity index (χ0) is 15.0. The first-order chi connectivity index (χ1) is 10.0. The molecule has 0 radical (unpaired) electrons. The molecule has 0 aliphatic heterocycles. The van der Waals surface area contributed by atoms with Crippen molar-refractivity contribution in [2.45, 2.75) is 6.92 Å². The van der Waals surface area contributed by atoms with Gasteiger partial charge in [-0.25, -0.2) is 4.98 Å². The Bertz CT molecular complexity index is 843. The second kappa shape index (κ2) is 5.39. The maximum Gasteiger partial charge on any atom is 0.255 e. The molecule has 1 aromatic heterocycles. The summed E-state index contributed by atoms with van der Waals surface area (Å²) < 4.78 is 5.37. The fraction of sp³-hybridized carbons (Fsp3) is 0.0667. The fourth-order valence-electron chi connectivity index (χ4n) is 1.96. The van der Waals surface area contributed by atoms with Gasteiger partial charge in [0.1, 0.15) is 5.52 Å².